The van der Waals surface area contributed by atoms with Crippen molar-refractivity contribution in [2.75, 3.05) is 0 Å². The molecule has 1 aliphatic rings. The van der Waals surface area contributed by atoms with E-state index in [1.807, 2.05) is 6.92 Å². The van der Waals surface area contributed by atoms with Crippen molar-refractivity contribution < 1.29 is 8.42 Å². The molecule has 1 fully saturated rings. The summed E-state index contributed by atoms with van der Waals surface area (Å²) in [6, 6.07) is 7.44. The molecule has 1 saturated carbocycles. The largest absolute Gasteiger partial charge is 0.301 e. The molecule has 0 aliphatic heterocycles. The van der Waals surface area contributed by atoms with E-state index in [1.165, 1.54) is 30.0 Å². The highest BCUT2D eigenvalue weighted by Gasteiger charge is 2.31. The molecular formula is C19H24ClN3O3S2. The third kappa shape index (κ3) is 5.59. The summed E-state index contributed by atoms with van der Waals surface area (Å²) < 4.78 is 28.4. The number of benzene rings is 1. The van der Waals surface area contributed by atoms with E-state index in [9.17, 15) is 13.2 Å². The van der Waals surface area contributed by atoms with Gasteiger partial charge in [-0.3, -0.25) is 4.79 Å². The summed E-state index contributed by atoms with van der Waals surface area (Å²) >= 11 is 7.31. The minimum Gasteiger partial charge on any atom is -0.301 e. The molecule has 28 heavy (non-hydrogen) atoms. The van der Waals surface area contributed by atoms with Crippen LogP contribution in [0.1, 0.15) is 44.7 Å². The highest BCUT2D eigenvalue weighted by Crippen LogP contribution is 2.33. The molecule has 2 atom stereocenters. The Morgan fingerprint density at radius 3 is 2.68 bits per heavy atom. The maximum atomic E-state index is 12.8. The molecular weight excluding hydrogens is 418 g/mol. The van der Waals surface area contributed by atoms with E-state index in [-0.39, 0.29) is 21.7 Å². The summed E-state index contributed by atoms with van der Waals surface area (Å²) in [5.74, 6) is 0. The van der Waals surface area contributed by atoms with Crippen LogP contribution in [0.3, 0.4) is 0 Å². The first-order valence-electron chi connectivity index (χ1n) is 9.42. The number of thioether (sulfide) groups is 1. The number of sulfonamides is 1. The van der Waals surface area contributed by atoms with Crippen molar-refractivity contribution in [3.8, 4) is 0 Å². The first kappa shape index (κ1) is 21.4. The van der Waals surface area contributed by atoms with Gasteiger partial charge >= 0.3 is 0 Å². The SMILES string of the molecule is CCCc1cc(=O)[nH]c(S[C@H]2CCCC[C@H]2NS(=O)(=O)c2ccc(Cl)cc2)n1. The Morgan fingerprint density at radius 1 is 1.25 bits per heavy atom. The first-order chi connectivity index (χ1) is 13.4. The topological polar surface area (TPSA) is 91.9 Å². The third-order valence-electron chi connectivity index (χ3n) is 4.68. The van der Waals surface area contributed by atoms with Gasteiger partial charge in [0.15, 0.2) is 5.16 Å². The maximum Gasteiger partial charge on any atom is 0.251 e. The summed E-state index contributed by atoms with van der Waals surface area (Å²) in [6.45, 7) is 2.04. The molecule has 2 N–H and O–H groups in total. The van der Waals surface area contributed by atoms with Gasteiger partial charge in [-0.15, -0.1) is 0 Å². The molecule has 1 aromatic heterocycles. The van der Waals surface area contributed by atoms with Gasteiger partial charge in [-0.05, 0) is 43.5 Å². The predicted octanol–water partition coefficient (Wildman–Crippen LogP) is 3.76. The quantitative estimate of drug-likeness (QED) is 0.638. The zero-order chi connectivity index (χ0) is 20.1. The average Bonchev–Trinajstić information content (AvgIpc) is 2.63. The van der Waals surface area contributed by atoms with Crippen LogP contribution in [0.2, 0.25) is 5.02 Å². The first-order valence-corrected chi connectivity index (χ1v) is 12.2. The number of hydrogen-bond acceptors (Lipinski definition) is 5. The fraction of sp³-hybridized carbons (Fsp3) is 0.474. The number of aromatic amines is 1. The van der Waals surface area contributed by atoms with Gasteiger partial charge in [-0.2, -0.15) is 0 Å². The Morgan fingerprint density at radius 2 is 1.96 bits per heavy atom. The summed E-state index contributed by atoms with van der Waals surface area (Å²) in [6.07, 6.45) is 5.26. The Labute approximate surface area is 174 Å². The van der Waals surface area contributed by atoms with Crippen LogP contribution in [0.4, 0.5) is 0 Å². The highest BCUT2D eigenvalue weighted by atomic mass is 35.5. The van der Waals surface area contributed by atoms with Gasteiger partial charge in [0.1, 0.15) is 0 Å². The van der Waals surface area contributed by atoms with Crippen LogP contribution in [0.15, 0.2) is 45.2 Å². The zero-order valence-electron chi connectivity index (χ0n) is 15.7. The Bertz CT molecular complexity index is 961. The lowest BCUT2D eigenvalue weighted by Gasteiger charge is -2.31. The van der Waals surface area contributed by atoms with Crippen molar-refractivity contribution in [3.63, 3.8) is 0 Å². The van der Waals surface area contributed by atoms with Gasteiger partial charge in [0.2, 0.25) is 10.0 Å². The summed E-state index contributed by atoms with van der Waals surface area (Å²) in [4.78, 5) is 19.4. The van der Waals surface area contributed by atoms with Crippen LogP contribution in [0.5, 0.6) is 0 Å². The fourth-order valence-corrected chi connectivity index (χ4v) is 6.11. The van der Waals surface area contributed by atoms with Gasteiger partial charge in [0, 0.05) is 28.1 Å². The van der Waals surface area contributed by atoms with Gasteiger partial charge in [-0.1, -0.05) is 49.5 Å². The molecule has 0 radical (unpaired) electrons. The van der Waals surface area contributed by atoms with Crippen molar-refractivity contribution in [1.29, 1.82) is 0 Å². The second-order valence-electron chi connectivity index (χ2n) is 6.91. The number of aryl methyl sites for hydroxylation is 1. The van der Waals surface area contributed by atoms with Crippen molar-refractivity contribution in [2.24, 2.45) is 0 Å². The zero-order valence-corrected chi connectivity index (χ0v) is 18.0. The minimum atomic E-state index is -3.64. The Hall–Kier alpha value is -1.35. The Kier molecular flexibility index (Phi) is 7.20. The highest BCUT2D eigenvalue weighted by molar-refractivity contribution is 7.99. The number of hydrogen-bond donors (Lipinski definition) is 2. The second-order valence-corrected chi connectivity index (χ2v) is 10.3. The van der Waals surface area contributed by atoms with E-state index in [4.69, 9.17) is 11.6 Å². The number of nitrogens with one attached hydrogen (secondary N) is 2. The van der Waals surface area contributed by atoms with E-state index in [0.717, 1.165) is 44.2 Å². The standard InChI is InChI=1S/C19H24ClN3O3S2/c1-2-5-14-12-18(24)22-19(21-14)27-17-7-4-3-6-16(17)23-28(25,26)15-10-8-13(20)9-11-15/h8-12,16-17,23H,2-7H2,1H3,(H,21,22,24)/t16-,17+/m1/s1. The maximum absolute atomic E-state index is 12.8. The molecule has 1 aromatic carbocycles. The van der Waals surface area contributed by atoms with Crippen LogP contribution < -0.4 is 10.3 Å². The molecule has 1 aliphatic carbocycles. The molecule has 0 spiro atoms. The third-order valence-corrected chi connectivity index (χ3v) is 7.72. The molecule has 6 nitrogen and oxygen atoms in total. The molecule has 9 heteroatoms. The molecule has 2 aromatic rings. The molecule has 3 rings (SSSR count). The predicted molar refractivity (Wildman–Crippen MR) is 113 cm³/mol. The van der Waals surface area contributed by atoms with E-state index >= 15 is 0 Å². The number of aromatic nitrogens is 2. The van der Waals surface area contributed by atoms with E-state index in [0.29, 0.717) is 10.2 Å². The lowest BCUT2D eigenvalue weighted by atomic mass is 9.96. The summed E-state index contributed by atoms with van der Waals surface area (Å²) in [5, 5.41) is 1.06. The molecule has 152 valence electrons. The lowest BCUT2D eigenvalue weighted by Crippen LogP contribution is -2.43. The van der Waals surface area contributed by atoms with Gasteiger partial charge in [0.25, 0.3) is 5.56 Å². The van der Waals surface area contributed by atoms with Crippen molar-refractivity contribution in [1.82, 2.24) is 14.7 Å². The number of halogens is 1. The van der Waals surface area contributed by atoms with Crippen molar-refractivity contribution in [3.05, 3.63) is 51.4 Å². The van der Waals surface area contributed by atoms with E-state index in [1.54, 1.807) is 12.1 Å². The van der Waals surface area contributed by atoms with Crippen LogP contribution >= 0.6 is 23.4 Å². The van der Waals surface area contributed by atoms with Crippen molar-refractivity contribution >= 4 is 33.4 Å². The summed E-state index contributed by atoms with van der Waals surface area (Å²) in [5.41, 5.74) is 0.595. The minimum absolute atomic E-state index is 0.0100. The van der Waals surface area contributed by atoms with Gasteiger partial charge < -0.3 is 4.98 Å². The number of rotatable bonds is 7. The second kappa shape index (κ2) is 9.43. The van der Waals surface area contributed by atoms with Gasteiger partial charge in [-0.25, -0.2) is 18.1 Å². The van der Waals surface area contributed by atoms with Crippen LogP contribution in [0.25, 0.3) is 0 Å². The van der Waals surface area contributed by atoms with Crippen LogP contribution in [-0.4, -0.2) is 29.7 Å². The van der Waals surface area contributed by atoms with Crippen LogP contribution in [0, 0.1) is 0 Å². The molecule has 0 bridgehead atoms. The molecule has 0 amide bonds. The lowest BCUT2D eigenvalue weighted by molar-refractivity contribution is 0.422. The monoisotopic (exact) mass is 441 g/mol. The van der Waals surface area contributed by atoms with E-state index < -0.39 is 10.0 Å². The van der Waals surface area contributed by atoms with Gasteiger partial charge in [0.05, 0.1) is 4.90 Å². The Balaban J connectivity index is 1.77. The smallest absolute Gasteiger partial charge is 0.251 e. The average molecular weight is 442 g/mol. The van der Waals surface area contributed by atoms with Crippen LogP contribution in [-0.2, 0) is 16.4 Å². The van der Waals surface area contributed by atoms with E-state index in [2.05, 4.69) is 14.7 Å². The summed E-state index contributed by atoms with van der Waals surface area (Å²) in [7, 11) is -3.64. The number of nitrogens with zero attached hydrogens (tertiary/aromatic N) is 1. The molecule has 0 unspecified atom stereocenters. The number of H-pyrrole nitrogens is 1. The normalized spacial score (nSPS) is 20.2. The fourth-order valence-electron chi connectivity index (χ4n) is 3.32. The molecule has 0 saturated heterocycles. The van der Waals surface area contributed by atoms with Crippen molar-refractivity contribution in [2.45, 2.75) is 66.8 Å². The molecule has 1 heterocycles.